The lowest BCUT2D eigenvalue weighted by Gasteiger charge is -2.20. The molecule has 3 aromatic rings. The van der Waals surface area contributed by atoms with E-state index in [-0.39, 0.29) is 5.54 Å². The van der Waals surface area contributed by atoms with Crippen LogP contribution in [-0.4, -0.2) is 25.1 Å². The number of rotatable bonds is 2. The van der Waals surface area contributed by atoms with Gasteiger partial charge in [-0.15, -0.1) is 0 Å². The van der Waals surface area contributed by atoms with Crippen LogP contribution in [0.25, 0.3) is 17.2 Å². The van der Waals surface area contributed by atoms with E-state index in [1.165, 1.54) is 0 Å². The molecule has 0 atom stereocenters. The summed E-state index contributed by atoms with van der Waals surface area (Å²) in [5, 5.41) is 7.54. The van der Waals surface area contributed by atoms with Gasteiger partial charge in [-0.3, -0.25) is 0 Å². The van der Waals surface area contributed by atoms with E-state index < -0.39 is 0 Å². The average Bonchev–Trinajstić information content (AvgIpc) is 2.97. The highest BCUT2D eigenvalue weighted by Crippen LogP contribution is 2.24. The van der Waals surface area contributed by atoms with Crippen molar-refractivity contribution in [3.8, 4) is 11.6 Å². The summed E-state index contributed by atoms with van der Waals surface area (Å²) in [6.07, 6.45) is 3.30. The van der Waals surface area contributed by atoms with Crippen molar-refractivity contribution in [3.05, 3.63) is 29.1 Å². The number of nitrogens with zero attached hydrogens (tertiary/aromatic N) is 4. The predicted molar refractivity (Wildman–Crippen MR) is 79.6 cm³/mol. The lowest BCUT2D eigenvalue weighted by atomic mass is 10.1. The average molecular weight is 336 g/mol. The number of halogens is 1. The summed E-state index contributed by atoms with van der Waals surface area (Å²) in [5.74, 6) is 1.79. The third-order valence-corrected chi connectivity index (χ3v) is 3.11. The zero-order valence-corrected chi connectivity index (χ0v) is 13.0. The number of aromatic nitrogens is 4. The lowest BCUT2D eigenvalue weighted by molar-refractivity contribution is 0.572. The van der Waals surface area contributed by atoms with Gasteiger partial charge in [0, 0.05) is 5.54 Å². The fourth-order valence-electron chi connectivity index (χ4n) is 1.81. The van der Waals surface area contributed by atoms with E-state index in [0.717, 1.165) is 4.47 Å². The van der Waals surface area contributed by atoms with E-state index in [0.29, 0.717) is 23.2 Å². The number of hydrogen-bond donors (Lipinski definition) is 1. The summed E-state index contributed by atoms with van der Waals surface area (Å²) < 4.78 is 7.89. The molecule has 3 heterocycles. The number of furan rings is 1. The molecule has 0 unspecified atom stereocenters. The van der Waals surface area contributed by atoms with Gasteiger partial charge in [0.25, 0.3) is 0 Å². The van der Waals surface area contributed by atoms with Gasteiger partial charge in [0.05, 0.1) is 16.9 Å². The van der Waals surface area contributed by atoms with Gasteiger partial charge in [-0.2, -0.15) is 19.6 Å². The minimum Gasteiger partial charge on any atom is -0.461 e. The molecule has 0 aliphatic heterocycles. The zero-order valence-electron chi connectivity index (χ0n) is 11.4. The Labute approximate surface area is 124 Å². The molecule has 0 radical (unpaired) electrons. The Kier molecular flexibility index (Phi) is 3.01. The van der Waals surface area contributed by atoms with Crippen molar-refractivity contribution in [1.82, 2.24) is 19.6 Å². The Morgan fingerprint density at radius 1 is 1.30 bits per heavy atom. The molecule has 0 spiro atoms. The molecule has 20 heavy (non-hydrogen) atoms. The van der Waals surface area contributed by atoms with E-state index in [4.69, 9.17) is 4.42 Å². The van der Waals surface area contributed by atoms with Gasteiger partial charge < -0.3 is 9.73 Å². The van der Waals surface area contributed by atoms with Crippen molar-refractivity contribution < 1.29 is 4.42 Å². The second-order valence-corrected chi connectivity index (χ2v) is 6.31. The zero-order chi connectivity index (χ0) is 14.3. The summed E-state index contributed by atoms with van der Waals surface area (Å²) in [6, 6.07) is 3.66. The highest BCUT2D eigenvalue weighted by Gasteiger charge is 2.18. The van der Waals surface area contributed by atoms with Gasteiger partial charge in [0.2, 0.25) is 11.8 Å². The van der Waals surface area contributed by atoms with Crippen molar-refractivity contribution in [1.29, 1.82) is 0 Å². The van der Waals surface area contributed by atoms with Crippen molar-refractivity contribution in [2.24, 2.45) is 0 Å². The molecule has 6 nitrogen and oxygen atoms in total. The van der Waals surface area contributed by atoms with Crippen LogP contribution in [0.5, 0.6) is 0 Å². The molecular formula is C13H14BrN5O. The standard InChI is InChI=1S/C13H14BrN5O/c1-13(2,3)18-12-16-10-8(14)7-15-19(10)11(17-12)9-5-4-6-20-9/h4-7H,1-3H3,(H,16,18). The second kappa shape index (κ2) is 4.59. The number of nitrogens with one attached hydrogen (secondary N) is 1. The Morgan fingerprint density at radius 3 is 2.75 bits per heavy atom. The normalized spacial score (nSPS) is 12.0. The Hall–Kier alpha value is -1.89. The Bertz CT molecular complexity index is 742. The first-order valence-electron chi connectivity index (χ1n) is 6.17. The first-order chi connectivity index (χ1) is 9.44. The first-order valence-corrected chi connectivity index (χ1v) is 6.97. The van der Waals surface area contributed by atoms with Crippen molar-refractivity contribution in [2.75, 3.05) is 5.32 Å². The molecule has 0 aliphatic rings. The van der Waals surface area contributed by atoms with E-state index >= 15 is 0 Å². The van der Waals surface area contributed by atoms with Gasteiger partial charge in [-0.1, -0.05) is 0 Å². The molecule has 104 valence electrons. The van der Waals surface area contributed by atoms with Gasteiger partial charge in [-0.05, 0) is 48.8 Å². The third kappa shape index (κ3) is 2.40. The van der Waals surface area contributed by atoms with Crippen molar-refractivity contribution in [2.45, 2.75) is 26.3 Å². The van der Waals surface area contributed by atoms with Gasteiger partial charge in [-0.25, -0.2) is 0 Å². The van der Waals surface area contributed by atoms with Gasteiger partial charge in [0.15, 0.2) is 11.4 Å². The maximum Gasteiger partial charge on any atom is 0.227 e. The molecule has 0 aliphatic carbocycles. The molecule has 0 bridgehead atoms. The smallest absolute Gasteiger partial charge is 0.227 e. The molecule has 0 saturated carbocycles. The monoisotopic (exact) mass is 335 g/mol. The van der Waals surface area contributed by atoms with Crippen LogP contribution in [0.2, 0.25) is 0 Å². The highest BCUT2D eigenvalue weighted by molar-refractivity contribution is 9.10. The topological polar surface area (TPSA) is 68.2 Å². The van der Waals surface area contributed by atoms with Crippen molar-refractivity contribution in [3.63, 3.8) is 0 Å². The summed E-state index contributed by atoms with van der Waals surface area (Å²) >= 11 is 3.45. The van der Waals surface area contributed by atoms with Crippen LogP contribution >= 0.6 is 15.9 Å². The van der Waals surface area contributed by atoms with E-state index in [9.17, 15) is 0 Å². The largest absolute Gasteiger partial charge is 0.461 e. The molecule has 0 aromatic carbocycles. The number of fused-ring (bicyclic) bond motifs is 1. The van der Waals surface area contributed by atoms with Crippen LogP contribution < -0.4 is 5.32 Å². The molecule has 3 aromatic heterocycles. The molecule has 3 rings (SSSR count). The molecule has 0 fully saturated rings. The maximum atomic E-state index is 5.43. The highest BCUT2D eigenvalue weighted by atomic mass is 79.9. The van der Waals surface area contributed by atoms with Crippen LogP contribution in [0.1, 0.15) is 20.8 Å². The summed E-state index contributed by atoms with van der Waals surface area (Å²) in [5.41, 5.74) is 0.559. The first kappa shape index (κ1) is 13.1. The molecule has 7 heteroatoms. The van der Waals surface area contributed by atoms with Crippen LogP contribution in [-0.2, 0) is 0 Å². The quantitative estimate of drug-likeness (QED) is 0.777. The maximum absolute atomic E-state index is 5.43. The molecule has 1 N–H and O–H groups in total. The van der Waals surface area contributed by atoms with E-state index in [1.807, 2.05) is 12.1 Å². The van der Waals surface area contributed by atoms with E-state index in [2.05, 4.69) is 57.1 Å². The van der Waals surface area contributed by atoms with Crippen LogP contribution in [0, 0.1) is 0 Å². The predicted octanol–water partition coefficient (Wildman–Crippen LogP) is 3.36. The second-order valence-electron chi connectivity index (χ2n) is 5.45. The van der Waals surface area contributed by atoms with Crippen LogP contribution in [0.4, 0.5) is 5.95 Å². The lowest BCUT2D eigenvalue weighted by Crippen LogP contribution is -2.27. The summed E-state index contributed by atoms with van der Waals surface area (Å²) in [4.78, 5) is 8.99. The molecule has 0 saturated heterocycles. The molecular weight excluding hydrogens is 322 g/mol. The fraction of sp³-hybridized carbons (Fsp3) is 0.308. The summed E-state index contributed by atoms with van der Waals surface area (Å²) in [6.45, 7) is 6.16. The number of anilines is 1. The van der Waals surface area contributed by atoms with Gasteiger partial charge >= 0.3 is 0 Å². The van der Waals surface area contributed by atoms with Crippen LogP contribution in [0.15, 0.2) is 33.5 Å². The number of hydrogen-bond acceptors (Lipinski definition) is 5. The van der Waals surface area contributed by atoms with Crippen molar-refractivity contribution >= 4 is 27.5 Å². The minimum absolute atomic E-state index is 0.134. The van der Waals surface area contributed by atoms with E-state index in [1.54, 1.807) is 17.0 Å². The fourth-order valence-corrected chi connectivity index (χ4v) is 2.16. The Balaban J connectivity index is 2.21. The minimum atomic E-state index is -0.134. The Morgan fingerprint density at radius 2 is 2.10 bits per heavy atom. The third-order valence-electron chi connectivity index (χ3n) is 2.55. The van der Waals surface area contributed by atoms with Gasteiger partial charge in [0.1, 0.15) is 0 Å². The summed E-state index contributed by atoms with van der Waals surface area (Å²) in [7, 11) is 0. The SMILES string of the molecule is CC(C)(C)Nc1nc(-c2ccco2)n2ncc(Br)c2n1. The van der Waals surface area contributed by atoms with Crippen LogP contribution in [0.3, 0.4) is 0 Å². The molecule has 0 amide bonds.